The minimum Gasteiger partial charge on any atom is -0.497 e. The fraction of sp³-hybridized carbons (Fsp3) is 0.286. The van der Waals surface area contributed by atoms with Crippen LogP contribution in [-0.2, 0) is 39.1 Å². The molecule has 0 saturated heterocycles. The van der Waals surface area contributed by atoms with Gasteiger partial charge in [-0.15, -0.1) is 0 Å². The van der Waals surface area contributed by atoms with Crippen LogP contribution in [0.3, 0.4) is 0 Å². The molecule has 196 valence electrons. The molecule has 0 unspecified atom stereocenters. The number of ether oxygens (including phenoxy) is 1. The number of methoxy groups -OCH3 is 1. The number of benzene rings is 3. The van der Waals surface area contributed by atoms with Crippen molar-refractivity contribution >= 4 is 21.8 Å². The minimum atomic E-state index is -3.72. The Morgan fingerprint density at radius 2 is 1.38 bits per heavy atom. The van der Waals surface area contributed by atoms with Gasteiger partial charge in [-0.2, -0.15) is 4.31 Å². The first-order chi connectivity index (χ1) is 17.7. The Hall–Kier alpha value is -3.69. The van der Waals surface area contributed by atoms with Gasteiger partial charge in [0.05, 0.1) is 19.9 Å². The molecule has 8 nitrogen and oxygen atoms in total. The monoisotopic (exact) mass is 523 g/mol. The smallest absolute Gasteiger partial charge is 0.242 e. The van der Waals surface area contributed by atoms with Gasteiger partial charge in [0.25, 0.3) is 0 Å². The van der Waals surface area contributed by atoms with E-state index >= 15 is 0 Å². The molecule has 0 aliphatic heterocycles. The predicted molar refractivity (Wildman–Crippen MR) is 143 cm³/mol. The van der Waals surface area contributed by atoms with Crippen molar-refractivity contribution in [3.63, 3.8) is 0 Å². The molecule has 2 amide bonds. The van der Waals surface area contributed by atoms with Crippen LogP contribution in [0, 0.1) is 0 Å². The van der Waals surface area contributed by atoms with Crippen molar-refractivity contribution in [1.29, 1.82) is 0 Å². The number of carbonyl (C=O) groups is 2. The molecular weight excluding hydrogens is 490 g/mol. The second-order valence-corrected chi connectivity index (χ2v) is 10.7. The molecule has 0 fully saturated rings. The zero-order chi connectivity index (χ0) is 26.8. The highest BCUT2D eigenvalue weighted by atomic mass is 32.2. The van der Waals surface area contributed by atoms with Gasteiger partial charge in [-0.1, -0.05) is 72.8 Å². The topological polar surface area (TPSA) is 96.0 Å². The molecule has 9 heteroatoms. The quantitative estimate of drug-likeness (QED) is 0.394. The second-order valence-electron chi connectivity index (χ2n) is 8.71. The predicted octanol–water partition coefficient (Wildman–Crippen LogP) is 2.84. The van der Waals surface area contributed by atoms with Crippen LogP contribution < -0.4 is 10.1 Å². The van der Waals surface area contributed by atoms with Crippen LogP contribution in [0.1, 0.15) is 16.7 Å². The normalized spacial score (nSPS) is 12.1. The molecule has 37 heavy (non-hydrogen) atoms. The van der Waals surface area contributed by atoms with Crippen LogP contribution in [0.4, 0.5) is 0 Å². The zero-order valence-corrected chi connectivity index (χ0v) is 22.1. The third-order valence-corrected chi connectivity index (χ3v) is 7.21. The minimum absolute atomic E-state index is 0.0467. The molecule has 0 aliphatic carbocycles. The molecule has 1 N–H and O–H groups in total. The molecular formula is C28H33N3O5S. The molecule has 3 aromatic carbocycles. The Kier molecular flexibility index (Phi) is 9.82. The molecule has 0 spiro atoms. The molecule has 0 radical (unpaired) electrons. The van der Waals surface area contributed by atoms with E-state index < -0.39 is 28.5 Å². The van der Waals surface area contributed by atoms with Gasteiger partial charge in [-0.25, -0.2) is 8.42 Å². The third kappa shape index (κ3) is 8.16. The Morgan fingerprint density at radius 1 is 0.838 bits per heavy atom. The summed E-state index contributed by atoms with van der Waals surface area (Å²) in [5.74, 6) is -0.138. The number of nitrogens with one attached hydrogen (secondary N) is 1. The van der Waals surface area contributed by atoms with E-state index in [1.807, 2.05) is 60.7 Å². The van der Waals surface area contributed by atoms with Crippen molar-refractivity contribution < 1.29 is 22.7 Å². The second kappa shape index (κ2) is 13.0. The zero-order valence-electron chi connectivity index (χ0n) is 21.3. The van der Waals surface area contributed by atoms with Crippen molar-refractivity contribution in [1.82, 2.24) is 14.5 Å². The highest BCUT2D eigenvalue weighted by Gasteiger charge is 2.32. The SMILES string of the molecule is CNC(=O)[C@@H](Cc1ccccc1)N(Cc1ccc(OC)cc1)C(=O)CN(Cc1ccccc1)S(C)(=O)=O. The molecule has 0 aliphatic rings. The van der Waals surface area contributed by atoms with Crippen LogP contribution in [0.2, 0.25) is 0 Å². The van der Waals surface area contributed by atoms with Crippen LogP contribution in [-0.4, -0.2) is 62.4 Å². The molecule has 0 aromatic heterocycles. The first kappa shape index (κ1) is 27.9. The van der Waals surface area contributed by atoms with Crippen molar-refractivity contribution in [3.05, 3.63) is 102 Å². The van der Waals surface area contributed by atoms with Gasteiger partial charge in [0.1, 0.15) is 11.8 Å². The highest BCUT2D eigenvalue weighted by molar-refractivity contribution is 7.88. The summed E-state index contributed by atoms with van der Waals surface area (Å²) in [5.41, 5.74) is 2.42. The summed E-state index contributed by atoms with van der Waals surface area (Å²) in [6.45, 7) is -0.228. The Labute approximate surface area is 218 Å². The van der Waals surface area contributed by atoms with Gasteiger partial charge in [-0.3, -0.25) is 9.59 Å². The largest absolute Gasteiger partial charge is 0.497 e. The van der Waals surface area contributed by atoms with Crippen molar-refractivity contribution in [3.8, 4) is 5.75 Å². The van der Waals surface area contributed by atoms with E-state index in [-0.39, 0.29) is 25.4 Å². The van der Waals surface area contributed by atoms with E-state index in [0.717, 1.165) is 27.3 Å². The van der Waals surface area contributed by atoms with Crippen molar-refractivity contribution in [2.75, 3.05) is 27.0 Å². The van der Waals surface area contributed by atoms with Crippen LogP contribution >= 0.6 is 0 Å². The van der Waals surface area contributed by atoms with Crippen LogP contribution in [0.5, 0.6) is 5.75 Å². The number of likely N-dealkylation sites (N-methyl/N-ethyl adjacent to an activating group) is 1. The number of nitrogens with zero attached hydrogens (tertiary/aromatic N) is 2. The third-order valence-electron chi connectivity index (χ3n) is 6.01. The maximum atomic E-state index is 13.8. The van der Waals surface area contributed by atoms with Crippen LogP contribution in [0.25, 0.3) is 0 Å². The van der Waals surface area contributed by atoms with E-state index in [4.69, 9.17) is 4.74 Å². The maximum absolute atomic E-state index is 13.8. The maximum Gasteiger partial charge on any atom is 0.242 e. The molecule has 1 atom stereocenters. The Bertz CT molecular complexity index is 1270. The van der Waals surface area contributed by atoms with Gasteiger partial charge in [0, 0.05) is 26.6 Å². The number of amides is 2. The summed E-state index contributed by atoms with van der Waals surface area (Å²) in [5, 5.41) is 2.66. The van der Waals surface area contributed by atoms with Gasteiger partial charge < -0.3 is 15.0 Å². The van der Waals surface area contributed by atoms with Crippen molar-refractivity contribution in [2.45, 2.75) is 25.6 Å². The average molecular weight is 524 g/mol. The van der Waals surface area contributed by atoms with Gasteiger partial charge in [0.15, 0.2) is 0 Å². The van der Waals surface area contributed by atoms with Gasteiger partial charge >= 0.3 is 0 Å². The fourth-order valence-electron chi connectivity index (χ4n) is 3.97. The lowest BCUT2D eigenvalue weighted by atomic mass is 10.0. The molecule has 0 bridgehead atoms. The fourth-order valence-corrected chi connectivity index (χ4v) is 4.70. The molecule has 0 heterocycles. The number of hydrogen-bond donors (Lipinski definition) is 1. The molecule has 3 rings (SSSR count). The summed E-state index contributed by atoms with van der Waals surface area (Å²) in [6.07, 6.45) is 1.36. The lowest BCUT2D eigenvalue weighted by Crippen LogP contribution is -2.52. The summed E-state index contributed by atoms with van der Waals surface area (Å²) >= 11 is 0. The number of sulfonamides is 1. The Morgan fingerprint density at radius 3 is 1.89 bits per heavy atom. The average Bonchev–Trinajstić information content (AvgIpc) is 2.90. The summed E-state index contributed by atoms with van der Waals surface area (Å²) in [7, 11) is -0.625. The van der Waals surface area contributed by atoms with E-state index in [2.05, 4.69) is 5.32 Å². The summed E-state index contributed by atoms with van der Waals surface area (Å²) in [4.78, 5) is 28.3. The summed E-state index contributed by atoms with van der Waals surface area (Å²) < 4.78 is 31.6. The van der Waals surface area contributed by atoms with Crippen LogP contribution in [0.15, 0.2) is 84.9 Å². The van der Waals surface area contributed by atoms with E-state index in [0.29, 0.717) is 5.75 Å². The number of hydrogen-bond acceptors (Lipinski definition) is 5. The Balaban J connectivity index is 1.96. The first-order valence-electron chi connectivity index (χ1n) is 11.9. The first-order valence-corrected chi connectivity index (χ1v) is 13.7. The van der Waals surface area contributed by atoms with Gasteiger partial charge in [-0.05, 0) is 28.8 Å². The van der Waals surface area contributed by atoms with Crippen molar-refractivity contribution in [2.24, 2.45) is 0 Å². The van der Waals surface area contributed by atoms with E-state index in [1.165, 1.54) is 11.9 Å². The molecule has 0 saturated carbocycles. The van der Waals surface area contributed by atoms with E-state index in [1.54, 1.807) is 31.4 Å². The molecule has 3 aromatic rings. The summed E-state index contributed by atoms with van der Waals surface area (Å²) in [6, 6.07) is 24.8. The highest BCUT2D eigenvalue weighted by Crippen LogP contribution is 2.19. The number of rotatable bonds is 12. The number of carbonyl (C=O) groups excluding carboxylic acids is 2. The van der Waals surface area contributed by atoms with Gasteiger partial charge in [0.2, 0.25) is 21.8 Å². The van der Waals surface area contributed by atoms with E-state index in [9.17, 15) is 18.0 Å². The lowest BCUT2D eigenvalue weighted by Gasteiger charge is -2.33. The lowest BCUT2D eigenvalue weighted by molar-refractivity contribution is -0.141. The standard InChI is InChI=1S/C28H33N3O5S/c1-29-28(33)26(18-22-10-6-4-7-11-22)31(20-24-14-16-25(36-2)17-15-24)27(32)21-30(37(3,34)35)19-23-12-8-5-9-13-23/h4-17,26H,18-21H2,1-3H3,(H,29,33)/t26-/m1/s1.